The molecule has 0 aromatic rings. The number of rotatable bonds is 4. The van der Waals surface area contributed by atoms with Gasteiger partial charge in [-0.3, -0.25) is 0 Å². The lowest BCUT2D eigenvalue weighted by Gasteiger charge is -2.43. The smallest absolute Gasteiger partial charge is 0.0812 e. The summed E-state index contributed by atoms with van der Waals surface area (Å²) in [5.41, 5.74) is 0.133. The summed E-state index contributed by atoms with van der Waals surface area (Å²) in [4.78, 5) is 0. The van der Waals surface area contributed by atoms with Gasteiger partial charge in [-0.1, -0.05) is 39.5 Å². The van der Waals surface area contributed by atoms with Crippen LogP contribution in [0, 0.1) is 11.8 Å². The quantitative estimate of drug-likeness (QED) is 0.824. The van der Waals surface area contributed by atoms with E-state index in [0.717, 1.165) is 18.4 Å². The Morgan fingerprint density at radius 3 is 2.56 bits per heavy atom. The van der Waals surface area contributed by atoms with Crippen LogP contribution in [0.2, 0.25) is 0 Å². The van der Waals surface area contributed by atoms with Gasteiger partial charge in [0.15, 0.2) is 0 Å². The summed E-state index contributed by atoms with van der Waals surface area (Å²) in [7, 11) is 2.06. The Kier molecular flexibility index (Phi) is 5.08. The number of nitrogens with one attached hydrogen (secondary N) is 1. The van der Waals surface area contributed by atoms with Crippen LogP contribution >= 0.6 is 0 Å². The summed E-state index contributed by atoms with van der Waals surface area (Å²) in [5.74, 6) is 1.68. The maximum absolute atomic E-state index is 6.64. The van der Waals surface area contributed by atoms with Gasteiger partial charge in [-0.05, 0) is 44.6 Å². The number of likely N-dealkylation sites (N-methyl/N-ethyl adjacent to an activating group) is 1. The predicted octanol–water partition coefficient (Wildman–Crippen LogP) is 3.75. The van der Waals surface area contributed by atoms with Crippen LogP contribution in [0.3, 0.4) is 0 Å². The second-order valence-electron chi connectivity index (χ2n) is 6.93. The topological polar surface area (TPSA) is 21.3 Å². The van der Waals surface area contributed by atoms with Gasteiger partial charge < -0.3 is 10.1 Å². The molecule has 0 heterocycles. The van der Waals surface area contributed by atoms with E-state index in [-0.39, 0.29) is 5.60 Å². The van der Waals surface area contributed by atoms with Crippen molar-refractivity contribution in [2.75, 3.05) is 13.6 Å². The molecule has 0 aromatic carbocycles. The van der Waals surface area contributed by atoms with Gasteiger partial charge in [0.1, 0.15) is 0 Å². The highest BCUT2D eigenvalue weighted by Crippen LogP contribution is 2.38. The van der Waals surface area contributed by atoms with Gasteiger partial charge in [-0.15, -0.1) is 0 Å². The van der Waals surface area contributed by atoms with E-state index in [0.29, 0.717) is 6.10 Å². The normalized spacial score (nSPS) is 41.8. The van der Waals surface area contributed by atoms with Gasteiger partial charge in [0.25, 0.3) is 0 Å². The molecule has 2 heteroatoms. The molecule has 18 heavy (non-hydrogen) atoms. The fraction of sp³-hybridized carbons (Fsp3) is 1.00. The number of hydrogen-bond donors (Lipinski definition) is 1. The Hall–Kier alpha value is -0.0800. The molecule has 2 aliphatic carbocycles. The van der Waals surface area contributed by atoms with Gasteiger partial charge in [0.05, 0.1) is 11.7 Å². The predicted molar refractivity (Wildman–Crippen MR) is 76.8 cm³/mol. The first kappa shape index (κ1) is 14.3. The van der Waals surface area contributed by atoms with Crippen LogP contribution in [0.15, 0.2) is 0 Å². The molecule has 2 rings (SSSR count). The summed E-state index contributed by atoms with van der Waals surface area (Å²) in [6, 6.07) is 0. The van der Waals surface area contributed by atoms with Crippen LogP contribution in [-0.2, 0) is 4.74 Å². The zero-order chi connectivity index (χ0) is 13.0. The molecular formula is C16H31NO. The van der Waals surface area contributed by atoms with E-state index >= 15 is 0 Å². The lowest BCUT2D eigenvalue weighted by Crippen LogP contribution is -2.48. The minimum absolute atomic E-state index is 0.133. The molecular weight excluding hydrogens is 222 g/mol. The van der Waals surface area contributed by atoms with E-state index < -0.39 is 0 Å². The van der Waals surface area contributed by atoms with Crippen molar-refractivity contribution < 1.29 is 4.74 Å². The average Bonchev–Trinajstić information content (AvgIpc) is 2.28. The first-order chi connectivity index (χ1) is 8.63. The average molecular weight is 253 g/mol. The second kappa shape index (κ2) is 6.38. The maximum atomic E-state index is 6.64. The Balaban J connectivity index is 1.96. The molecule has 0 spiro atoms. The molecule has 0 bridgehead atoms. The minimum Gasteiger partial charge on any atom is -0.370 e. The first-order valence-corrected chi connectivity index (χ1v) is 7.96. The van der Waals surface area contributed by atoms with E-state index in [4.69, 9.17) is 4.74 Å². The molecule has 2 aliphatic rings. The van der Waals surface area contributed by atoms with Crippen LogP contribution in [0.5, 0.6) is 0 Å². The molecule has 0 radical (unpaired) electrons. The van der Waals surface area contributed by atoms with Crippen molar-refractivity contribution in [1.29, 1.82) is 0 Å². The minimum atomic E-state index is 0.133. The largest absolute Gasteiger partial charge is 0.370 e. The Labute approximate surface area is 113 Å². The van der Waals surface area contributed by atoms with Crippen LogP contribution in [-0.4, -0.2) is 25.3 Å². The van der Waals surface area contributed by atoms with E-state index in [2.05, 4.69) is 26.2 Å². The van der Waals surface area contributed by atoms with Crippen molar-refractivity contribution in [3.63, 3.8) is 0 Å². The van der Waals surface area contributed by atoms with Gasteiger partial charge in [0.2, 0.25) is 0 Å². The van der Waals surface area contributed by atoms with Crippen molar-refractivity contribution in [2.24, 2.45) is 11.8 Å². The SMILES string of the molecule is CNCC1(OC2CCCC(C)C2)CCCC(C)C1. The standard InChI is InChI=1S/C16H31NO/c1-13-6-4-8-15(10-13)18-16(12-17-3)9-5-7-14(2)11-16/h13-15,17H,4-12H2,1-3H3. The molecule has 0 saturated heterocycles. The van der Waals surface area contributed by atoms with Gasteiger partial charge in [0, 0.05) is 6.54 Å². The monoisotopic (exact) mass is 253 g/mol. The van der Waals surface area contributed by atoms with E-state index in [1.54, 1.807) is 0 Å². The Morgan fingerprint density at radius 2 is 1.89 bits per heavy atom. The van der Waals surface area contributed by atoms with Crippen LogP contribution in [0.25, 0.3) is 0 Å². The number of hydrogen-bond acceptors (Lipinski definition) is 2. The third-order valence-electron chi connectivity index (χ3n) is 4.85. The number of ether oxygens (including phenoxy) is 1. The maximum Gasteiger partial charge on any atom is 0.0812 e. The highest BCUT2D eigenvalue weighted by Gasteiger charge is 2.38. The van der Waals surface area contributed by atoms with Crippen LogP contribution in [0.4, 0.5) is 0 Å². The summed E-state index contributed by atoms with van der Waals surface area (Å²) < 4.78 is 6.64. The molecule has 2 saturated carbocycles. The van der Waals surface area contributed by atoms with Crippen molar-refractivity contribution in [3.8, 4) is 0 Å². The van der Waals surface area contributed by atoms with Crippen LogP contribution in [0.1, 0.15) is 65.2 Å². The molecule has 0 amide bonds. The van der Waals surface area contributed by atoms with Crippen LogP contribution < -0.4 is 5.32 Å². The zero-order valence-electron chi connectivity index (χ0n) is 12.5. The highest BCUT2D eigenvalue weighted by atomic mass is 16.5. The third kappa shape index (κ3) is 3.71. The molecule has 0 aromatic heterocycles. The third-order valence-corrected chi connectivity index (χ3v) is 4.85. The molecule has 1 N–H and O–H groups in total. The van der Waals surface area contributed by atoms with E-state index in [1.165, 1.54) is 51.4 Å². The lowest BCUT2D eigenvalue weighted by atomic mass is 9.78. The van der Waals surface area contributed by atoms with Gasteiger partial charge >= 0.3 is 0 Å². The van der Waals surface area contributed by atoms with E-state index in [1.807, 2.05) is 0 Å². The molecule has 4 unspecified atom stereocenters. The van der Waals surface area contributed by atoms with E-state index in [9.17, 15) is 0 Å². The summed E-state index contributed by atoms with van der Waals surface area (Å²) in [6.07, 6.45) is 11.1. The molecule has 0 aliphatic heterocycles. The fourth-order valence-corrected chi connectivity index (χ4v) is 4.08. The fourth-order valence-electron chi connectivity index (χ4n) is 4.08. The molecule has 2 nitrogen and oxygen atoms in total. The molecule has 106 valence electrons. The van der Waals surface area contributed by atoms with Crippen molar-refractivity contribution in [3.05, 3.63) is 0 Å². The molecule has 4 atom stereocenters. The second-order valence-corrected chi connectivity index (χ2v) is 6.93. The van der Waals surface area contributed by atoms with Crippen molar-refractivity contribution >= 4 is 0 Å². The molecule has 2 fully saturated rings. The van der Waals surface area contributed by atoms with Gasteiger partial charge in [-0.25, -0.2) is 0 Å². The first-order valence-electron chi connectivity index (χ1n) is 7.96. The zero-order valence-corrected chi connectivity index (χ0v) is 12.5. The Morgan fingerprint density at radius 1 is 1.11 bits per heavy atom. The van der Waals surface area contributed by atoms with Crippen molar-refractivity contribution in [1.82, 2.24) is 5.32 Å². The van der Waals surface area contributed by atoms with Crippen molar-refractivity contribution in [2.45, 2.75) is 76.9 Å². The Bertz CT molecular complexity index is 251. The summed E-state index contributed by atoms with van der Waals surface area (Å²) in [5, 5.41) is 3.37. The summed E-state index contributed by atoms with van der Waals surface area (Å²) in [6.45, 7) is 5.79. The lowest BCUT2D eigenvalue weighted by molar-refractivity contribution is -0.133. The summed E-state index contributed by atoms with van der Waals surface area (Å²) >= 11 is 0. The van der Waals surface area contributed by atoms with Gasteiger partial charge in [-0.2, -0.15) is 0 Å². The highest BCUT2D eigenvalue weighted by molar-refractivity contribution is 4.90.